The fourth-order valence-corrected chi connectivity index (χ4v) is 3.61. The number of nitrogens with two attached hydrogens (primary N) is 1. The number of halogens is 3. The SMILES string of the molecule is CC/C=C(/N=C(/Cc1ccc(OC(N)(F)F)cc1)OC)C(=O)NCCc1c[nH]c2ccc(Cl)cc12. The summed E-state index contributed by atoms with van der Waals surface area (Å²) in [6.45, 7) is 2.31. The van der Waals surface area contributed by atoms with Crippen LogP contribution in [0.4, 0.5) is 8.78 Å². The van der Waals surface area contributed by atoms with Crippen LogP contribution in [0.5, 0.6) is 5.75 Å². The molecule has 0 spiro atoms. The van der Waals surface area contributed by atoms with Gasteiger partial charge in [0.2, 0.25) is 0 Å². The van der Waals surface area contributed by atoms with Gasteiger partial charge in [0.1, 0.15) is 11.4 Å². The predicted octanol–water partition coefficient (Wildman–Crippen LogP) is 4.95. The Morgan fingerprint density at radius 1 is 1.26 bits per heavy atom. The highest BCUT2D eigenvalue weighted by molar-refractivity contribution is 6.31. The highest BCUT2D eigenvalue weighted by Gasteiger charge is 2.24. The summed E-state index contributed by atoms with van der Waals surface area (Å²) < 4.78 is 35.2. The van der Waals surface area contributed by atoms with E-state index in [2.05, 4.69) is 25.8 Å². The first-order chi connectivity index (χ1) is 16.7. The summed E-state index contributed by atoms with van der Waals surface area (Å²) in [6, 6.07) is 11.5. The first-order valence-corrected chi connectivity index (χ1v) is 11.4. The monoisotopic (exact) mass is 504 g/mol. The molecule has 0 unspecified atom stereocenters. The molecule has 2 aromatic carbocycles. The zero-order chi connectivity index (χ0) is 25.4. The van der Waals surface area contributed by atoms with E-state index in [0.717, 1.165) is 22.0 Å². The van der Waals surface area contributed by atoms with Gasteiger partial charge in [-0.2, -0.15) is 0 Å². The number of hydrogen-bond acceptors (Lipinski definition) is 5. The van der Waals surface area contributed by atoms with Crippen LogP contribution >= 0.6 is 11.6 Å². The van der Waals surface area contributed by atoms with Crippen molar-refractivity contribution < 1.29 is 23.0 Å². The number of carbonyl (C=O) groups excluding carboxylic acids is 1. The van der Waals surface area contributed by atoms with E-state index in [1.807, 2.05) is 31.3 Å². The molecule has 1 aromatic heterocycles. The van der Waals surface area contributed by atoms with Crippen LogP contribution < -0.4 is 15.8 Å². The first kappa shape index (κ1) is 26.2. The highest BCUT2D eigenvalue weighted by Crippen LogP contribution is 2.23. The number of benzene rings is 2. The lowest BCUT2D eigenvalue weighted by Gasteiger charge is -2.13. The van der Waals surface area contributed by atoms with E-state index in [9.17, 15) is 13.6 Å². The van der Waals surface area contributed by atoms with Gasteiger partial charge < -0.3 is 19.8 Å². The summed E-state index contributed by atoms with van der Waals surface area (Å²) >= 11 is 6.10. The number of aromatic amines is 1. The number of fused-ring (bicyclic) bond motifs is 1. The van der Waals surface area contributed by atoms with Crippen molar-refractivity contribution in [1.29, 1.82) is 0 Å². The van der Waals surface area contributed by atoms with Gasteiger partial charge in [-0.05, 0) is 54.3 Å². The Bertz CT molecular complexity index is 1220. The topological polar surface area (TPSA) is 102 Å². The summed E-state index contributed by atoms with van der Waals surface area (Å²) in [7, 11) is 1.45. The van der Waals surface area contributed by atoms with Crippen LogP contribution in [0.15, 0.2) is 65.4 Å². The molecule has 1 heterocycles. The van der Waals surface area contributed by atoms with Gasteiger partial charge in [-0.3, -0.25) is 4.79 Å². The maximum atomic E-state index is 12.8. The Morgan fingerprint density at radius 2 is 2.00 bits per heavy atom. The Morgan fingerprint density at radius 3 is 2.66 bits per heavy atom. The lowest BCUT2D eigenvalue weighted by Crippen LogP contribution is -2.35. The molecule has 0 atom stereocenters. The molecular weight excluding hydrogens is 478 g/mol. The zero-order valence-electron chi connectivity index (χ0n) is 19.4. The summed E-state index contributed by atoms with van der Waals surface area (Å²) in [4.78, 5) is 20.4. The molecule has 35 heavy (non-hydrogen) atoms. The minimum absolute atomic E-state index is 0.0689. The van der Waals surface area contributed by atoms with E-state index in [-0.39, 0.29) is 23.8 Å². The number of nitrogens with one attached hydrogen (secondary N) is 2. The van der Waals surface area contributed by atoms with E-state index in [1.54, 1.807) is 18.2 Å². The van der Waals surface area contributed by atoms with Gasteiger partial charge >= 0.3 is 6.23 Å². The van der Waals surface area contributed by atoms with Crippen LogP contribution in [-0.2, 0) is 22.4 Å². The fourth-order valence-electron chi connectivity index (χ4n) is 3.44. The van der Waals surface area contributed by atoms with Crippen molar-refractivity contribution in [3.63, 3.8) is 0 Å². The van der Waals surface area contributed by atoms with Crippen molar-refractivity contribution >= 4 is 34.3 Å². The zero-order valence-corrected chi connectivity index (χ0v) is 20.2. The summed E-state index contributed by atoms with van der Waals surface area (Å²) in [5.74, 6) is -0.0993. The van der Waals surface area contributed by atoms with Gasteiger partial charge in [-0.1, -0.05) is 36.7 Å². The third-order valence-corrected chi connectivity index (χ3v) is 5.29. The second kappa shape index (κ2) is 11.8. The van der Waals surface area contributed by atoms with Gasteiger partial charge in [0, 0.05) is 35.1 Å². The molecule has 10 heteroatoms. The van der Waals surface area contributed by atoms with Crippen molar-refractivity contribution in [3.05, 3.63) is 76.6 Å². The number of rotatable bonds is 10. The molecule has 0 aliphatic rings. The standard InChI is InChI=1S/C25H27ClF2N4O3/c1-3-4-22(24(33)30-12-11-17-15-31-21-10-7-18(26)14-20(17)21)32-23(34-2)13-16-5-8-19(9-6-16)35-25(27,28)29/h4-10,14-15,31H,3,11-13,29H2,1-2H3,(H,30,33)/b22-4+,32-23-. The maximum Gasteiger partial charge on any atom is 0.466 e. The number of aliphatic imine (C=N–C) groups is 1. The summed E-state index contributed by atoms with van der Waals surface area (Å²) in [5, 5.41) is 4.56. The number of allylic oxidation sites excluding steroid dienone is 1. The molecule has 186 valence electrons. The number of ether oxygens (including phenoxy) is 2. The van der Waals surface area contributed by atoms with Gasteiger partial charge in [0.15, 0.2) is 5.90 Å². The quantitative estimate of drug-likeness (QED) is 0.119. The third kappa shape index (κ3) is 7.80. The Kier molecular flexibility index (Phi) is 8.84. The summed E-state index contributed by atoms with van der Waals surface area (Å²) in [6.07, 6.45) is 1.32. The molecule has 3 rings (SSSR count). The smallest absolute Gasteiger partial charge is 0.466 e. The average molecular weight is 505 g/mol. The Hall–Kier alpha value is -3.43. The number of methoxy groups -OCH3 is 1. The lowest BCUT2D eigenvalue weighted by atomic mass is 10.1. The predicted molar refractivity (Wildman–Crippen MR) is 133 cm³/mol. The van der Waals surface area contributed by atoms with Crippen LogP contribution in [0.1, 0.15) is 24.5 Å². The van der Waals surface area contributed by atoms with Gasteiger partial charge in [0.05, 0.1) is 7.11 Å². The van der Waals surface area contributed by atoms with E-state index in [4.69, 9.17) is 16.3 Å². The molecule has 0 saturated heterocycles. The normalized spacial score (nSPS) is 12.6. The van der Waals surface area contributed by atoms with Crippen molar-refractivity contribution in [1.82, 2.24) is 10.3 Å². The van der Waals surface area contributed by atoms with Gasteiger partial charge in [0.25, 0.3) is 5.91 Å². The molecule has 1 amide bonds. The van der Waals surface area contributed by atoms with Crippen LogP contribution in [0.25, 0.3) is 10.9 Å². The Labute approximate surface area is 207 Å². The number of H-pyrrole nitrogens is 1. The molecular formula is C25H27ClF2N4O3. The van der Waals surface area contributed by atoms with E-state index in [1.165, 1.54) is 19.2 Å². The number of aromatic nitrogens is 1. The van der Waals surface area contributed by atoms with Crippen molar-refractivity contribution in [3.8, 4) is 5.75 Å². The minimum atomic E-state index is -3.75. The van der Waals surface area contributed by atoms with Crippen LogP contribution in [0, 0.1) is 0 Å². The molecule has 0 fully saturated rings. The molecule has 0 radical (unpaired) electrons. The van der Waals surface area contributed by atoms with Gasteiger partial charge in [-0.25, -0.2) is 10.7 Å². The Balaban J connectivity index is 1.63. The minimum Gasteiger partial charge on any atom is -0.484 e. The number of alkyl halides is 2. The second-order valence-corrected chi connectivity index (χ2v) is 8.14. The van der Waals surface area contributed by atoms with Crippen LogP contribution in [0.2, 0.25) is 5.02 Å². The third-order valence-electron chi connectivity index (χ3n) is 5.05. The van der Waals surface area contributed by atoms with E-state index in [0.29, 0.717) is 30.3 Å². The van der Waals surface area contributed by atoms with Crippen LogP contribution in [-0.4, -0.2) is 36.7 Å². The van der Waals surface area contributed by atoms with Crippen LogP contribution in [0.3, 0.4) is 0 Å². The molecule has 4 N–H and O–H groups in total. The number of nitrogens with zero attached hydrogens (tertiary/aromatic N) is 1. The molecule has 0 saturated carbocycles. The van der Waals surface area contributed by atoms with E-state index >= 15 is 0 Å². The highest BCUT2D eigenvalue weighted by atomic mass is 35.5. The van der Waals surface area contributed by atoms with Crippen molar-refractivity contribution in [2.75, 3.05) is 13.7 Å². The summed E-state index contributed by atoms with van der Waals surface area (Å²) in [5.41, 5.74) is 7.55. The maximum absolute atomic E-state index is 12.8. The molecule has 3 aromatic rings. The fraction of sp³-hybridized carbons (Fsp3) is 0.280. The molecule has 7 nitrogen and oxygen atoms in total. The van der Waals surface area contributed by atoms with Crippen molar-refractivity contribution in [2.24, 2.45) is 10.7 Å². The first-order valence-electron chi connectivity index (χ1n) is 11.0. The average Bonchev–Trinajstić information content (AvgIpc) is 3.20. The lowest BCUT2D eigenvalue weighted by molar-refractivity contribution is -0.170. The second-order valence-electron chi connectivity index (χ2n) is 7.70. The number of amides is 1. The largest absolute Gasteiger partial charge is 0.484 e. The number of hydrogen-bond donors (Lipinski definition) is 3. The number of carbonyl (C=O) groups is 1. The van der Waals surface area contributed by atoms with Crippen molar-refractivity contribution in [2.45, 2.75) is 32.4 Å². The molecule has 0 aliphatic heterocycles. The van der Waals surface area contributed by atoms with Gasteiger partial charge in [-0.15, -0.1) is 8.78 Å². The molecule has 0 aliphatic carbocycles. The molecule has 0 bridgehead atoms. The van der Waals surface area contributed by atoms with E-state index < -0.39 is 6.23 Å².